The molecular weight excluding hydrogens is 342 g/mol. The van der Waals surface area contributed by atoms with E-state index in [1.165, 1.54) is 25.3 Å². The van der Waals surface area contributed by atoms with Crippen LogP contribution >= 0.6 is 11.6 Å². The molecule has 0 radical (unpaired) electrons. The standard InChI is InChI=1S/C16H15ClF2N2O3/c1-22-14-8-11(5-6-13(14)24-16(18)19)15(20)21-23-9-10-3-2-4-12(17)7-10/h2-8,16H,9H2,1H3,(H2,20,21). The Hall–Kier alpha value is -2.54. The molecule has 2 rings (SSSR count). The molecule has 0 aliphatic rings. The highest BCUT2D eigenvalue weighted by atomic mass is 35.5. The van der Waals surface area contributed by atoms with Gasteiger partial charge in [0.2, 0.25) is 0 Å². The molecule has 128 valence electrons. The predicted octanol–water partition coefficient (Wildman–Crippen LogP) is 3.79. The molecule has 0 aromatic heterocycles. The van der Waals surface area contributed by atoms with Gasteiger partial charge in [0.25, 0.3) is 0 Å². The van der Waals surface area contributed by atoms with Crippen LogP contribution in [-0.2, 0) is 11.4 Å². The number of ether oxygens (including phenoxy) is 2. The van der Waals surface area contributed by atoms with Crippen LogP contribution in [0.25, 0.3) is 0 Å². The lowest BCUT2D eigenvalue weighted by atomic mass is 10.2. The third kappa shape index (κ3) is 4.99. The largest absolute Gasteiger partial charge is 0.493 e. The van der Waals surface area contributed by atoms with Crippen LogP contribution in [0.4, 0.5) is 8.78 Å². The van der Waals surface area contributed by atoms with Crippen LogP contribution in [0.2, 0.25) is 5.02 Å². The van der Waals surface area contributed by atoms with E-state index in [1.54, 1.807) is 18.2 Å². The molecule has 5 nitrogen and oxygen atoms in total. The number of hydrogen-bond acceptors (Lipinski definition) is 4. The minimum Gasteiger partial charge on any atom is -0.493 e. The van der Waals surface area contributed by atoms with Crippen molar-refractivity contribution >= 4 is 17.4 Å². The van der Waals surface area contributed by atoms with E-state index in [0.717, 1.165) is 5.56 Å². The molecule has 2 aromatic rings. The van der Waals surface area contributed by atoms with E-state index < -0.39 is 6.61 Å². The molecule has 0 saturated heterocycles. The van der Waals surface area contributed by atoms with Gasteiger partial charge in [-0.05, 0) is 35.9 Å². The van der Waals surface area contributed by atoms with E-state index in [1.807, 2.05) is 6.07 Å². The lowest BCUT2D eigenvalue weighted by Crippen LogP contribution is -2.14. The van der Waals surface area contributed by atoms with Gasteiger partial charge in [0.1, 0.15) is 6.61 Å². The Kier molecular flexibility index (Phi) is 6.20. The molecule has 0 bridgehead atoms. The maximum Gasteiger partial charge on any atom is 0.387 e. The Balaban J connectivity index is 2.06. The highest BCUT2D eigenvalue weighted by molar-refractivity contribution is 6.30. The van der Waals surface area contributed by atoms with Crippen LogP contribution in [0.15, 0.2) is 47.6 Å². The van der Waals surface area contributed by atoms with Crippen molar-refractivity contribution in [2.45, 2.75) is 13.2 Å². The molecule has 0 fully saturated rings. The van der Waals surface area contributed by atoms with Gasteiger partial charge < -0.3 is 20.0 Å². The lowest BCUT2D eigenvalue weighted by molar-refractivity contribution is -0.0512. The van der Waals surface area contributed by atoms with E-state index in [9.17, 15) is 8.78 Å². The summed E-state index contributed by atoms with van der Waals surface area (Å²) in [5.74, 6) is 0.0867. The fraction of sp³-hybridized carbons (Fsp3) is 0.188. The Morgan fingerprint density at radius 1 is 1.21 bits per heavy atom. The smallest absolute Gasteiger partial charge is 0.387 e. The van der Waals surface area contributed by atoms with Crippen LogP contribution in [0.1, 0.15) is 11.1 Å². The number of benzene rings is 2. The first-order valence-corrected chi connectivity index (χ1v) is 7.20. The van der Waals surface area contributed by atoms with E-state index in [-0.39, 0.29) is 23.9 Å². The summed E-state index contributed by atoms with van der Waals surface area (Å²) < 4.78 is 33.9. The molecule has 0 aliphatic carbocycles. The third-order valence-corrected chi connectivity index (χ3v) is 3.19. The Morgan fingerprint density at radius 3 is 2.67 bits per heavy atom. The molecule has 0 atom stereocenters. The molecule has 2 aromatic carbocycles. The number of alkyl halides is 2. The molecule has 0 spiro atoms. The van der Waals surface area contributed by atoms with Crippen LogP contribution in [-0.4, -0.2) is 19.6 Å². The number of halogens is 3. The molecule has 0 saturated carbocycles. The Bertz CT molecular complexity index is 726. The summed E-state index contributed by atoms with van der Waals surface area (Å²) >= 11 is 5.87. The average molecular weight is 357 g/mol. The second-order valence-electron chi connectivity index (χ2n) is 4.62. The van der Waals surface area contributed by atoms with Crippen LogP contribution < -0.4 is 15.2 Å². The minimum absolute atomic E-state index is 0.0684. The van der Waals surface area contributed by atoms with Crippen molar-refractivity contribution in [3.63, 3.8) is 0 Å². The van der Waals surface area contributed by atoms with E-state index in [2.05, 4.69) is 9.89 Å². The lowest BCUT2D eigenvalue weighted by Gasteiger charge is -2.11. The molecule has 0 aliphatic heterocycles. The van der Waals surface area contributed by atoms with Gasteiger partial charge in [0.05, 0.1) is 7.11 Å². The van der Waals surface area contributed by atoms with Gasteiger partial charge in [-0.1, -0.05) is 28.9 Å². The number of hydrogen-bond donors (Lipinski definition) is 1. The normalized spacial score (nSPS) is 11.5. The molecule has 0 heterocycles. The topological polar surface area (TPSA) is 66.1 Å². The highest BCUT2D eigenvalue weighted by Gasteiger charge is 2.12. The van der Waals surface area contributed by atoms with E-state index >= 15 is 0 Å². The second-order valence-corrected chi connectivity index (χ2v) is 5.06. The predicted molar refractivity (Wildman–Crippen MR) is 86.6 cm³/mol. The minimum atomic E-state index is -2.95. The summed E-state index contributed by atoms with van der Waals surface area (Å²) in [6.45, 7) is -2.76. The molecular formula is C16H15ClF2N2O3. The van der Waals surface area contributed by atoms with Gasteiger partial charge in [-0.3, -0.25) is 0 Å². The average Bonchev–Trinajstić information content (AvgIpc) is 2.54. The molecule has 0 amide bonds. The van der Waals surface area contributed by atoms with Crippen LogP contribution in [0.5, 0.6) is 11.5 Å². The number of nitrogens with zero attached hydrogens (tertiary/aromatic N) is 1. The quantitative estimate of drug-likeness (QED) is 0.465. The van der Waals surface area contributed by atoms with Gasteiger partial charge >= 0.3 is 6.61 Å². The first-order chi connectivity index (χ1) is 11.5. The number of methoxy groups -OCH3 is 1. The Morgan fingerprint density at radius 2 is 2.00 bits per heavy atom. The number of nitrogens with two attached hydrogens (primary N) is 1. The van der Waals surface area contributed by atoms with Crippen LogP contribution in [0, 0.1) is 0 Å². The fourth-order valence-electron chi connectivity index (χ4n) is 1.88. The van der Waals surface area contributed by atoms with Gasteiger partial charge in [-0.15, -0.1) is 0 Å². The number of amidine groups is 1. The summed E-state index contributed by atoms with van der Waals surface area (Å²) in [6, 6.07) is 11.3. The summed E-state index contributed by atoms with van der Waals surface area (Å²) in [6.07, 6.45) is 0. The van der Waals surface area contributed by atoms with Crippen molar-refractivity contribution in [2.24, 2.45) is 10.9 Å². The van der Waals surface area contributed by atoms with E-state index in [4.69, 9.17) is 26.9 Å². The van der Waals surface area contributed by atoms with Crippen LogP contribution in [0.3, 0.4) is 0 Å². The van der Waals surface area contributed by atoms with Crippen molar-refractivity contribution in [3.8, 4) is 11.5 Å². The Labute approximate surface area is 142 Å². The maximum atomic E-state index is 12.3. The first-order valence-electron chi connectivity index (χ1n) is 6.82. The van der Waals surface area contributed by atoms with Crippen molar-refractivity contribution < 1.29 is 23.1 Å². The van der Waals surface area contributed by atoms with Gasteiger partial charge in [-0.25, -0.2) is 0 Å². The molecule has 2 N–H and O–H groups in total. The zero-order chi connectivity index (χ0) is 17.5. The summed E-state index contributed by atoms with van der Waals surface area (Å²) in [7, 11) is 1.33. The summed E-state index contributed by atoms with van der Waals surface area (Å²) in [5.41, 5.74) is 7.09. The fourth-order valence-corrected chi connectivity index (χ4v) is 2.09. The summed E-state index contributed by atoms with van der Waals surface area (Å²) in [5, 5.41) is 4.38. The van der Waals surface area contributed by atoms with Crippen molar-refractivity contribution in [3.05, 3.63) is 58.6 Å². The van der Waals surface area contributed by atoms with E-state index in [0.29, 0.717) is 10.6 Å². The zero-order valence-electron chi connectivity index (χ0n) is 12.7. The second kappa shape index (κ2) is 8.35. The SMILES string of the molecule is COc1cc(C(N)=NOCc2cccc(Cl)c2)ccc1OC(F)F. The highest BCUT2D eigenvalue weighted by Crippen LogP contribution is 2.29. The monoisotopic (exact) mass is 356 g/mol. The number of oxime groups is 1. The van der Waals surface area contributed by atoms with Crippen molar-refractivity contribution in [1.82, 2.24) is 0 Å². The van der Waals surface area contributed by atoms with Gasteiger partial charge in [0, 0.05) is 10.6 Å². The summed E-state index contributed by atoms with van der Waals surface area (Å²) in [4.78, 5) is 5.17. The van der Waals surface area contributed by atoms with Crippen molar-refractivity contribution in [1.29, 1.82) is 0 Å². The molecule has 24 heavy (non-hydrogen) atoms. The molecule has 8 heteroatoms. The van der Waals surface area contributed by atoms with Gasteiger partial charge in [-0.2, -0.15) is 8.78 Å². The third-order valence-electron chi connectivity index (χ3n) is 2.96. The first kappa shape index (κ1) is 17.8. The van der Waals surface area contributed by atoms with Gasteiger partial charge in [0.15, 0.2) is 17.3 Å². The maximum absolute atomic E-state index is 12.3. The van der Waals surface area contributed by atoms with Crippen molar-refractivity contribution in [2.75, 3.05) is 7.11 Å². The zero-order valence-corrected chi connectivity index (χ0v) is 13.5. The number of rotatable bonds is 7. The molecule has 0 unspecified atom stereocenters.